The Morgan fingerprint density at radius 2 is 0.527 bits per heavy atom. The van der Waals surface area contributed by atoms with Crippen LogP contribution in [0.5, 0.6) is 0 Å². The van der Waals surface area contributed by atoms with Crippen LogP contribution in [0.25, 0.3) is 0 Å². The highest BCUT2D eigenvalue weighted by Crippen LogP contribution is 2.12. The first-order valence-electron chi connectivity index (χ1n) is 29.1. The van der Waals surface area contributed by atoms with Crippen LogP contribution in [0.3, 0.4) is 0 Å². The minimum atomic E-state index is -0.826. The Bertz CT molecular complexity index is 1740. The van der Waals surface area contributed by atoms with E-state index in [9.17, 15) is 14.4 Å². The van der Waals surface area contributed by atoms with Crippen LogP contribution in [-0.4, -0.2) is 37.2 Å². The van der Waals surface area contributed by atoms with E-state index in [-0.39, 0.29) is 44.0 Å². The Balaban J connectivity index is 4.44. The molecular weight excluding hydrogens is 913 g/mol. The summed E-state index contributed by atoms with van der Waals surface area (Å²) in [5.74, 6) is -1.02. The van der Waals surface area contributed by atoms with Crippen molar-refractivity contribution in [3.63, 3.8) is 0 Å². The van der Waals surface area contributed by atoms with Crippen molar-refractivity contribution >= 4 is 17.9 Å². The van der Waals surface area contributed by atoms with E-state index in [1.807, 2.05) is 0 Å². The smallest absolute Gasteiger partial charge is 0.306 e. The van der Waals surface area contributed by atoms with Crippen LogP contribution in [0.4, 0.5) is 0 Å². The van der Waals surface area contributed by atoms with Crippen LogP contribution in [0.15, 0.2) is 170 Å². The molecule has 0 aromatic heterocycles. The molecule has 0 aliphatic heterocycles. The topological polar surface area (TPSA) is 78.9 Å². The zero-order valence-electron chi connectivity index (χ0n) is 47.0. The number of unbranched alkanes of at least 4 members (excludes halogenated alkanes) is 11. The maximum atomic E-state index is 12.8. The second-order valence-corrected chi connectivity index (χ2v) is 18.4. The lowest BCUT2D eigenvalue weighted by atomic mass is 10.1. The minimum Gasteiger partial charge on any atom is -0.462 e. The molecule has 412 valence electrons. The number of allylic oxidation sites excluding steroid dienone is 28. The summed E-state index contributed by atoms with van der Waals surface area (Å²) in [6, 6.07) is 0. The van der Waals surface area contributed by atoms with E-state index >= 15 is 0 Å². The summed E-state index contributed by atoms with van der Waals surface area (Å²) in [6.45, 7) is 6.28. The third-order valence-electron chi connectivity index (χ3n) is 11.5. The summed E-state index contributed by atoms with van der Waals surface area (Å²) in [4.78, 5) is 38.0. The van der Waals surface area contributed by atoms with Crippen molar-refractivity contribution in [3.8, 4) is 0 Å². The molecule has 0 amide bonds. The maximum absolute atomic E-state index is 12.8. The average Bonchev–Trinajstić information content (AvgIpc) is 3.40. The van der Waals surface area contributed by atoms with Crippen molar-refractivity contribution in [2.45, 2.75) is 226 Å². The summed E-state index contributed by atoms with van der Waals surface area (Å²) in [5, 5.41) is 0. The molecule has 0 heterocycles. The van der Waals surface area contributed by atoms with Crippen molar-refractivity contribution in [1.29, 1.82) is 0 Å². The fourth-order valence-electron chi connectivity index (χ4n) is 7.16. The lowest BCUT2D eigenvalue weighted by molar-refractivity contribution is -0.167. The van der Waals surface area contributed by atoms with Gasteiger partial charge in [-0.05, 0) is 135 Å². The molecule has 0 aliphatic carbocycles. The van der Waals surface area contributed by atoms with Gasteiger partial charge in [-0.3, -0.25) is 14.4 Å². The fraction of sp³-hybridized carbons (Fsp3) is 0.544. The van der Waals surface area contributed by atoms with Crippen LogP contribution in [0.1, 0.15) is 220 Å². The van der Waals surface area contributed by atoms with Crippen LogP contribution >= 0.6 is 0 Å². The number of hydrogen-bond acceptors (Lipinski definition) is 6. The molecule has 0 aliphatic rings. The largest absolute Gasteiger partial charge is 0.462 e. The summed E-state index contributed by atoms with van der Waals surface area (Å²) >= 11 is 0. The number of hydrogen-bond donors (Lipinski definition) is 0. The molecular formula is C68H104O6. The summed E-state index contributed by atoms with van der Waals surface area (Å²) in [6.07, 6.45) is 89.3. The van der Waals surface area contributed by atoms with Crippen molar-refractivity contribution < 1.29 is 28.6 Å². The standard InChI is InChI=1S/C68H104O6/c1-4-7-10-13-16-19-21-23-25-27-29-31-32-33-34-35-36-38-39-41-43-45-47-49-52-55-58-61-67(70)73-64-65(63-72-66(69)60-57-54-51-18-15-12-9-6-3)74-68(71)62-59-56-53-50-48-46-44-42-40-37-30-28-26-24-22-20-17-14-11-8-5-2/h7-8,10-11,16-17,19-20,23-26,29-31,33-34,36-38,41-44,47-50,65H,4-6,9,12-15,18,21-22,27-28,32,35,39-40,45-46,51-64H2,1-3H3/b10-7-,11-8-,19-16-,20-17-,25-23-,26-24-,31-29-,34-33-,37-30-,38-36-,43-41-,44-42-,49-47-,50-48-. The third kappa shape index (κ3) is 57.7. The quantitative estimate of drug-likeness (QED) is 0.0261. The van der Waals surface area contributed by atoms with Crippen molar-refractivity contribution in [2.24, 2.45) is 0 Å². The van der Waals surface area contributed by atoms with Gasteiger partial charge in [0.25, 0.3) is 0 Å². The summed E-state index contributed by atoms with van der Waals surface area (Å²) in [7, 11) is 0. The summed E-state index contributed by atoms with van der Waals surface area (Å²) < 4.78 is 16.7. The van der Waals surface area contributed by atoms with Crippen LogP contribution in [0.2, 0.25) is 0 Å². The van der Waals surface area contributed by atoms with Gasteiger partial charge in [0, 0.05) is 19.3 Å². The number of esters is 3. The number of carbonyl (C=O) groups is 3. The zero-order valence-corrected chi connectivity index (χ0v) is 47.0. The molecule has 0 aromatic carbocycles. The van der Waals surface area contributed by atoms with E-state index in [1.54, 1.807) is 0 Å². The molecule has 1 unspecified atom stereocenters. The van der Waals surface area contributed by atoms with Gasteiger partial charge in [-0.25, -0.2) is 0 Å². The highest BCUT2D eigenvalue weighted by atomic mass is 16.6. The molecule has 6 heteroatoms. The van der Waals surface area contributed by atoms with Gasteiger partial charge < -0.3 is 14.2 Å². The predicted octanol–water partition coefficient (Wildman–Crippen LogP) is 19.9. The second kappa shape index (κ2) is 60.3. The normalized spacial score (nSPS) is 13.4. The number of carbonyl (C=O) groups excluding carboxylic acids is 3. The molecule has 74 heavy (non-hydrogen) atoms. The average molecular weight is 1020 g/mol. The fourth-order valence-corrected chi connectivity index (χ4v) is 7.16. The highest BCUT2D eigenvalue weighted by molar-refractivity contribution is 5.71. The van der Waals surface area contributed by atoms with E-state index in [0.717, 1.165) is 135 Å². The predicted molar refractivity (Wildman–Crippen MR) is 320 cm³/mol. The first kappa shape index (κ1) is 68.8. The van der Waals surface area contributed by atoms with Crippen molar-refractivity contribution in [3.05, 3.63) is 170 Å². The Hall–Kier alpha value is -5.23. The molecule has 6 nitrogen and oxygen atoms in total. The van der Waals surface area contributed by atoms with Gasteiger partial charge >= 0.3 is 17.9 Å². The Kier molecular flexibility index (Phi) is 56.1. The van der Waals surface area contributed by atoms with E-state index in [1.165, 1.54) is 32.1 Å². The van der Waals surface area contributed by atoms with Gasteiger partial charge in [0.2, 0.25) is 0 Å². The molecule has 0 rings (SSSR count). The van der Waals surface area contributed by atoms with Crippen molar-refractivity contribution in [2.75, 3.05) is 13.2 Å². The Morgan fingerprint density at radius 3 is 0.824 bits per heavy atom. The molecule has 1 atom stereocenters. The van der Waals surface area contributed by atoms with E-state index in [0.29, 0.717) is 19.3 Å². The molecule has 0 fully saturated rings. The summed E-state index contributed by atoms with van der Waals surface area (Å²) in [5.41, 5.74) is 0. The minimum absolute atomic E-state index is 0.117. The van der Waals surface area contributed by atoms with Gasteiger partial charge in [0.05, 0.1) is 0 Å². The first-order chi connectivity index (χ1) is 36.5. The first-order valence-corrected chi connectivity index (χ1v) is 29.1. The lowest BCUT2D eigenvalue weighted by Gasteiger charge is -2.18. The molecule has 0 saturated heterocycles. The van der Waals surface area contributed by atoms with E-state index in [2.05, 4.69) is 191 Å². The lowest BCUT2D eigenvalue weighted by Crippen LogP contribution is -2.30. The van der Waals surface area contributed by atoms with Crippen LogP contribution < -0.4 is 0 Å². The van der Waals surface area contributed by atoms with Crippen LogP contribution in [-0.2, 0) is 28.6 Å². The zero-order chi connectivity index (χ0) is 53.6. The molecule has 0 radical (unpaired) electrons. The number of rotatable bonds is 50. The molecule has 0 spiro atoms. The maximum Gasteiger partial charge on any atom is 0.306 e. The van der Waals surface area contributed by atoms with E-state index in [4.69, 9.17) is 14.2 Å². The van der Waals surface area contributed by atoms with Gasteiger partial charge in [-0.15, -0.1) is 0 Å². The second-order valence-electron chi connectivity index (χ2n) is 18.4. The number of ether oxygens (including phenoxy) is 3. The van der Waals surface area contributed by atoms with Gasteiger partial charge in [0.15, 0.2) is 6.10 Å². The molecule has 0 aromatic rings. The highest BCUT2D eigenvalue weighted by Gasteiger charge is 2.19. The Labute approximate surface area is 453 Å². The van der Waals surface area contributed by atoms with Gasteiger partial charge in [0.1, 0.15) is 13.2 Å². The van der Waals surface area contributed by atoms with Gasteiger partial charge in [-0.2, -0.15) is 0 Å². The molecule has 0 bridgehead atoms. The van der Waals surface area contributed by atoms with Crippen molar-refractivity contribution in [1.82, 2.24) is 0 Å². The van der Waals surface area contributed by atoms with Gasteiger partial charge in [-0.1, -0.05) is 236 Å². The Morgan fingerprint density at radius 1 is 0.284 bits per heavy atom. The monoisotopic (exact) mass is 1020 g/mol. The SMILES string of the molecule is CC/C=C\C/C=C\C/C=C\C/C=C\C/C=C\C/C=C\C/C=C\C/C=C\CCCCC(=O)OCC(COC(=O)CCCCCCCCCC)OC(=O)CCCC/C=C\C/C=C\C/C=C\C/C=C\C/C=C\C/C=C\CC. The van der Waals surface area contributed by atoms with Crippen LogP contribution in [0, 0.1) is 0 Å². The molecule has 0 N–H and O–H groups in total. The third-order valence-corrected chi connectivity index (χ3v) is 11.5. The van der Waals surface area contributed by atoms with E-state index < -0.39 is 6.10 Å². The molecule has 0 saturated carbocycles.